The number of pyridine rings is 1. The average molecular weight is 246 g/mol. The van der Waals surface area contributed by atoms with Gasteiger partial charge in [-0.25, -0.2) is 10.0 Å². The molecule has 0 aliphatic heterocycles. The van der Waals surface area contributed by atoms with E-state index in [1.807, 2.05) is 0 Å². The number of aromatic nitrogens is 1. The van der Waals surface area contributed by atoms with E-state index in [2.05, 4.69) is 9.82 Å². The first-order valence-corrected chi connectivity index (χ1v) is 4.47. The molecule has 0 saturated carbocycles. The van der Waals surface area contributed by atoms with Crippen LogP contribution in [0.25, 0.3) is 0 Å². The molecule has 16 heavy (non-hydrogen) atoms. The van der Waals surface area contributed by atoms with Gasteiger partial charge in [-0.2, -0.15) is 0 Å². The summed E-state index contributed by atoms with van der Waals surface area (Å²) in [4.78, 5) is 29.7. The Morgan fingerprint density at radius 2 is 2.31 bits per heavy atom. The molecule has 0 aliphatic rings. The summed E-state index contributed by atoms with van der Waals surface area (Å²) < 4.78 is 0. The Bertz CT molecular complexity index is 437. The Balaban J connectivity index is 3.17. The van der Waals surface area contributed by atoms with E-state index in [-0.39, 0.29) is 16.4 Å². The van der Waals surface area contributed by atoms with E-state index in [4.69, 9.17) is 11.6 Å². The van der Waals surface area contributed by atoms with Gasteiger partial charge in [0.05, 0.1) is 17.6 Å². The molecule has 86 valence electrons. The lowest BCUT2D eigenvalue weighted by Crippen LogP contribution is -2.25. The highest BCUT2D eigenvalue weighted by atomic mass is 35.5. The molecule has 0 aliphatic carbocycles. The summed E-state index contributed by atoms with van der Waals surface area (Å²) in [5, 5.41) is 11.3. The summed E-state index contributed by atoms with van der Waals surface area (Å²) in [7, 11) is 2.65. The Hall–Kier alpha value is -1.73. The predicted octanol–water partition coefficient (Wildman–Crippen LogP) is 1.28. The Morgan fingerprint density at radius 1 is 1.69 bits per heavy atom. The average Bonchev–Trinajstić information content (AvgIpc) is 2.27. The van der Waals surface area contributed by atoms with Crippen LogP contribution >= 0.6 is 11.6 Å². The number of hydroxylamine groups is 2. The Kier molecular flexibility index (Phi) is 3.75. The first-order valence-electron chi connectivity index (χ1n) is 4.09. The zero-order valence-corrected chi connectivity index (χ0v) is 9.26. The first-order chi connectivity index (χ1) is 7.47. The molecule has 0 saturated heterocycles. The van der Waals surface area contributed by atoms with Crippen LogP contribution in [0.15, 0.2) is 12.3 Å². The molecule has 1 amide bonds. The predicted molar refractivity (Wildman–Crippen MR) is 55.0 cm³/mol. The van der Waals surface area contributed by atoms with Gasteiger partial charge in [0.1, 0.15) is 11.3 Å². The van der Waals surface area contributed by atoms with E-state index in [0.29, 0.717) is 0 Å². The van der Waals surface area contributed by atoms with Gasteiger partial charge in [0, 0.05) is 13.1 Å². The fourth-order valence-corrected chi connectivity index (χ4v) is 1.12. The second kappa shape index (κ2) is 4.86. The van der Waals surface area contributed by atoms with Crippen molar-refractivity contribution in [2.75, 3.05) is 14.2 Å². The molecule has 1 aromatic heterocycles. The molecule has 0 bridgehead atoms. The summed E-state index contributed by atoms with van der Waals surface area (Å²) in [5.74, 6) is -0.608. The van der Waals surface area contributed by atoms with Crippen LogP contribution in [0.4, 0.5) is 5.69 Å². The number of nitrogens with zero attached hydrogens (tertiary/aromatic N) is 3. The van der Waals surface area contributed by atoms with Gasteiger partial charge in [-0.1, -0.05) is 11.6 Å². The molecule has 0 unspecified atom stereocenters. The summed E-state index contributed by atoms with van der Waals surface area (Å²) in [6, 6.07) is 1.05. The van der Waals surface area contributed by atoms with Crippen LogP contribution in [0.3, 0.4) is 0 Å². The summed E-state index contributed by atoms with van der Waals surface area (Å²) in [5.41, 5.74) is -0.391. The molecule has 7 nitrogen and oxygen atoms in total. The third-order valence-corrected chi connectivity index (χ3v) is 2.13. The zero-order chi connectivity index (χ0) is 12.3. The monoisotopic (exact) mass is 245 g/mol. The molecule has 1 aromatic rings. The molecule has 1 heterocycles. The quantitative estimate of drug-likeness (QED) is 0.455. The number of hydrogen-bond donors (Lipinski definition) is 0. The maximum atomic E-state index is 11.6. The lowest BCUT2D eigenvalue weighted by Gasteiger charge is -2.13. The molecule has 8 heteroatoms. The number of amides is 1. The summed E-state index contributed by atoms with van der Waals surface area (Å²) in [6.07, 6.45) is 0.978. The van der Waals surface area contributed by atoms with Crippen molar-refractivity contribution in [2.24, 2.45) is 0 Å². The molecule has 1 rings (SSSR count). The zero-order valence-electron chi connectivity index (χ0n) is 8.51. The van der Waals surface area contributed by atoms with Gasteiger partial charge >= 0.3 is 0 Å². The van der Waals surface area contributed by atoms with Crippen LogP contribution < -0.4 is 0 Å². The molecule has 0 aromatic carbocycles. The van der Waals surface area contributed by atoms with Gasteiger partial charge < -0.3 is 0 Å². The fraction of sp³-hybridized carbons (Fsp3) is 0.250. The molecule has 0 radical (unpaired) electrons. The van der Waals surface area contributed by atoms with Gasteiger partial charge in [0.25, 0.3) is 11.6 Å². The van der Waals surface area contributed by atoms with Gasteiger partial charge in [-0.15, -0.1) is 0 Å². The van der Waals surface area contributed by atoms with Crippen molar-refractivity contribution in [1.82, 2.24) is 10.0 Å². The van der Waals surface area contributed by atoms with Crippen LogP contribution in [-0.4, -0.2) is 35.0 Å². The van der Waals surface area contributed by atoms with E-state index in [1.54, 1.807) is 0 Å². The topological polar surface area (TPSA) is 85.6 Å². The lowest BCUT2D eigenvalue weighted by molar-refractivity contribution is -0.385. The number of hydrogen-bond acceptors (Lipinski definition) is 5. The van der Waals surface area contributed by atoms with Crippen LogP contribution in [0.2, 0.25) is 5.15 Å². The minimum atomic E-state index is -0.660. The first kappa shape index (κ1) is 12.3. The minimum absolute atomic E-state index is 0.0831. The molecule has 0 spiro atoms. The Labute approximate surface area is 95.7 Å². The molecular formula is C8H8ClN3O4. The fourth-order valence-electron chi connectivity index (χ4n) is 0.939. The van der Waals surface area contributed by atoms with Crippen molar-refractivity contribution >= 4 is 23.2 Å². The van der Waals surface area contributed by atoms with E-state index in [9.17, 15) is 14.9 Å². The third kappa shape index (κ3) is 2.44. The number of halogens is 1. The van der Waals surface area contributed by atoms with Crippen LogP contribution in [-0.2, 0) is 4.84 Å². The van der Waals surface area contributed by atoms with Crippen LogP contribution in [0.5, 0.6) is 0 Å². The smallest absolute Gasteiger partial charge is 0.274 e. The standard InChI is InChI=1S/C8H8ClN3O4/c1-11(16-2)8(13)6-3-5(12(14)15)4-10-7(6)9/h3-4H,1-2H3. The van der Waals surface area contributed by atoms with E-state index < -0.39 is 10.8 Å². The third-order valence-electron chi connectivity index (χ3n) is 1.83. The number of nitro groups is 1. The van der Waals surface area contributed by atoms with Crippen molar-refractivity contribution < 1.29 is 14.6 Å². The van der Waals surface area contributed by atoms with E-state index >= 15 is 0 Å². The van der Waals surface area contributed by atoms with Crippen molar-refractivity contribution in [3.63, 3.8) is 0 Å². The summed E-state index contributed by atoms with van der Waals surface area (Å²) >= 11 is 5.66. The van der Waals surface area contributed by atoms with Crippen molar-refractivity contribution in [3.8, 4) is 0 Å². The highest BCUT2D eigenvalue weighted by molar-refractivity contribution is 6.32. The van der Waals surface area contributed by atoms with Crippen molar-refractivity contribution in [3.05, 3.63) is 33.1 Å². The lowest BCUT2D eigenvalue weighted by atomic mass is 10.2. The van der Waals surface area contributed by atoms with Gasteiger partial charge in [-0.05, 0) is 0 Å². The molecule has 0 atom stereocenters. The maximum absolute atomic E-state index is 11.6. The maximum Gasteiger partial charge on any atom is 0.288 e. The summed E-state index contributed by atoms with van der Waals surface area (Å²) in [6.45, 7) is 0. The van der Waals surface area contributed by atoms with E-state index in [1.165, 1.54) is 14.2 Å². The highest BCUT2D eigenvalue weighted by Crippen LogP contribution is 2.20. The second-order valence-electron chi connectivity index (χ2n) is 2.77. The van der Waals surface area contributed by atoms with Crippen LogP contribution in [0, 0.1) is 10.1 Å². The minimum Gasteiger partial charge on any atom is -0.274 e. The van der Waals surface area contributed by atoms with Gasteiger partial charge in [-0.3, -0.25) is 19.7 Å². The molecule has 0 N–H and O–H groups in total. The van der Waals surface area contributed by atoms with Gasteiger partial charge in [0.15, 0.2) is 0 Å². The van der Waals surface area contributed by atoms with Gasteiger partial charge in [0.2, 0.25) is 0 Å². The second-order valence-corrected chi connectivity index (χ2v) is 3.13. The van der Waals surface area contributed by atoms with Crippen molar-refractivity contribution in [2.45, 2.75) is 0 Å². The largest absolute Gasteiger partial charge is 0.288 e. The normalized spacial score (nSPS) is 9.94. The molecule has 0 fully saturated rings. The number of rotatable bonds is 3. The van der Waals surface area contributed by atoms with E-state index in [0.717, 1.165) is 17.3 Å². The SMILES string of the molecule is CON(C)C(=O)c1cc([N+](=O)[O-])cnc1Cl. The van der Waals surface area contributed by atoms with Crippen LogP contribution in [0.1, 0.15) is 10.4 Å². The number of carbonyl (C=O) groups excluding carboxylic acids is 1. The molecular weight excluding hydrogens is 238 g/mol. The number of carbonyl (C=O) groups is 1. The Morgan fingerprint density at radius 3 is 2.81 bits per heavy atom. The highest BCUT2D eigenvalue weighted by Gasteiger charge is 2.20. The van der Waals surface area contributed by atoms with Crippen molar-refractivity contribution in [1.29, 1.82) is 0 Å².